The summed E-state index contributed by atoms with van der Waals surface area (Å²) in [5.41, 5.74) is 0. The van der Waals surface area contributed by atoms with Crippen LogP contribution in [-0.4, -0.2) is 66.0 Å². The fourth-order valence-corrected chi connectivity index (χ4v) is 3.76. The predicted octanol–water partition coefficient (Wildman–Crippen LogP) is 1.51. The summed E-state index contributed by atoms with van der Waals surface area (Å²) in [4.78, 5) is 2.25. The van der Waals surface area contributed by atoms with E-state index >= 15 is 0 Å². The van der Waals surface area contributed by atoms with Crippen molar-refractivity contribution in [2.75, 3.05) is 38.2 Å². The fourth-order valence-electron chi connectivity index (χ4n) is 2.12. The van der Waals surface area contributed by atoms with Crippen LogP contribution in [-0.2, 0) is 19.9 Å². The standard InChI is InChI=1S/C17H30N2O5S2/c1-5-15(3)19(4)12-11-18-26(22,23)17-9-7-16(8-10-17)24-13-14-25(20,21)6-2/h7-10,15,18H,5-6,11-14H2,1-4H3. The molecule has 1 rings (SSSR count). The van der Waals surface area contributed by atoms with E-state index in [1.165, 1.54) is 24.3 Å². The number of nitrogens with zero attached hydrogens (tertiary/aromatic N) is 1. The van der Waals surface area contributed by atoms with Gasteiger partial charge in [-0.05, 0) is 44.7 Å². The molecule has 0 aliphatic carbocycles. The third kappa shape index (κ3) is 7.61. The average Bonchev–Trinajstić information content (AvgIpc) is 2.61. The molecule has 1 N–H and O–H groups in total. The normalized spacial score (nSPS) is 13.7. The Morgan fingerprint density at radius 3 is 2.27 bits per heavy atom. The third-order valence-electron chi connectivity index (χ3n) is 4.34. The quantitative estimate of drug-likeness (QED) is 0.566. The zero-order chi connectivity index (χ0) is 19.8. The molecule has 0 spiro atoms. The molecule has 0 saturated heterocycles. The summed E-state index contributed by atoms with van der Waals surface area (Å²) >= 11 is 0. The zero-order valence-electron chi connectivity index (χ0n) is 15.9. The average molecular weight is 407 g/mol. The Hall–Kier alpha value is -1.16. The molecule has 0 saturated carbocycles. The minimum atomic E-state index is -3.58. The van der Waals surface area contributed by atoms with E-state index in [0.29, 0.717) is 24.9 Å². The Morgan fingerprint density at radius 2 is 1.73 bits per heavy atom. The molecule has 0 radical (unpaired) electrons. The number of ether oxygens (including phenoxy) is 1. The molecule has 0 amide bonds. The number of benzene rings is 1. The zero-order valence-corrected chi connectivity index (χ0v) is 17.6. The maximum absolute atomic E-state index is 12.3. The lowest BCUT2D eigenvalue weighted by molar-refractivity contribution is 0.256. The van der Waals surface area contributed by atoms with Crippen molar-refractivity contribution in [3.8, 4) is 5.75 Å². The maximum Gasteiger partial charge on any atom is 0.240 e. The summed E-state index contributed by atoms with van der Waals surface area (Å²) in [5, 5.41) is 0. The van der Waals surface area contributed by atoms with Crippen molar-refractivity contribution in [2.45, 2.75) is 38.1 Å². The van der Waals surface area contributed by atoms with Crippen molar-refractivity contribution in [3.05, 3.63) is 24.3 Å². The first-order chi connectivity index (χ1) is 12.1. The molecule has 1 atom stereocenters. The molecule has 9 heteroatoms. The Kier molecular flexibility index (Phi) is 9.02. The van der Waals surface area contributed by atoms with Crippen molar-refractivity contribution in [1.82, 2.24) is 9.62 Å². The van der Waals surface area contributed by atoms with Crippen LogP contribution in [0.15, 0.2) is 29.2 Å². The van der Waals surface area contributed by atoms with E-state index in [-0.39, 0.29) is 23.0 Å². The van der Waals surface area contributed by atoms with Crippen LogP contribution >= 0.6 is 0 Å². The summed E-state index contributed by atoms with van der Waals surface area (Å²) in [7, 11) is -4.70. The lowest BCUT2D eigenvalue weighted by atomic mass is 10.2. The molecular formula is C17H30N2O5S2. The molecule has 0 bridgehead atoms. The molecule has 1 aromatic rings. The van der Waals surface area contributed by atoms with E-state index < -0.39 is 19.9 Å². The van der Waals surface area contributed by atoms with Gasteiger partial charge in [-0.15, -0.1) is 0 Å². The minimum absolute atomic E-state index is 0.0441. The topological polar surface area (TPSA) is 92.8 Å². The summed E-state index contributed by atoms with van der Waals surface area (Å²) in [6, 6.07) is 6.35. The molecule has 1 unspecified atom stereocenters. The summed E-state index contributed by atoms with van der Waals surface area (Å²) in [5.74, 6) is 0.451. The van der Waals surface area contributed by atoms with Crippen LogP contribution in [0.2, 0.25) is 0 Å². The first-order valence-corrected chi connectivity index (χ1v) is 12.0. The van der Waals surface area contributed by atoms with Crippen molar-refractivity contribution in [3.63, 3.8) is 0 Å². The van der Waals surface area contributed by atoms with Crippen molar-refractivity contribution in [2.24, 2.45) is 0 Å². The van der Waals surface area contributed by atoms with Gasteiger partial charge in [0.1, 0.15) is 12.4 Å². The molecule has 1 aromatic carbocycles. The van der Waals surface area contributed by atoms with Crippen LogP contribution in [0.25, 0.3) is 0 Å². The predicted molar refractivity (Wildman–Crippen MR) is 104 cm³/mol. The summed E-state index contributed by atoms with van der Waals surface area (Å²) < 4.78 is 55.4. The summed E-state index contributed by atoms with van der Waals surface area (Å²) in [6.07, 6.45) is 1.00. The van der Waals surface area contributed by atoms with Crippen LogP contribution in [0.5, 0.6) is 5.75 Å². The monoisotopic (exact) mass is 406 g/mol. The van der Waals surface area contributed by atoms with Gasteiger partial charge in [0, 0.05) is 24.9 Å². The number of likely N-dealkylation sites (N-methyl/N-ethyl adjacent to an activating group) is 1. The van der Waals surface area contributed by atoms with Gasteiger partial charge in [0.15, 0.2) is 9.84 Å². The largest absolute Gasteiger partial charge is 0.493 e. The highest BCUT2D eigenvalue weighted by molar-refractivity contribution is 7.91. The highest BCUT2D eigenvalue weighted by Gasteiger charge is 2.15. The Balaban J connectivity index is 2.55. The first-order valence-electron chi connectivity index (χ1n) is 8.74. The van der Waals surface area contributed by atoms with Gasteiger partial charge >= 0.3 is 0 Å². The highest BCUT2D eigenvalue weighted by Crippen LogP contribution is 2.16. The number of hydrogen-bond donors (Lipinski definition) is 1. The number of nitrogens with one attached hydrogen (secondary N) is 1. The van der Waals surface area contributed by atoms with E-state index in [1.54, 1.807) is 6.92 Å². The molecule has 0 aromatic heterocycles. The van der Waals surface area contributed by atoms with Crippen molar-refractivity contribution in [1.29, 1.82) is 0 Å². The first kappa shape index (κ1) is 22.9. The van der Waals surface area contributed by atoms with Gasteiger partial charge in [-0.3, -0.25) is 0 Å². The van der Waals surface area contributed by atoms with Crippen LogP contribution in [0.3, 0.4) is 0 Å². The minimum Gasteiger partial charge on any atom is -0.493 e. The van der Waals surface area contributed by atoms with Gasteiger partial charge in [-0.25, -0.2) is 21.6 Å². The molecule has 0 heterocycles. The van der Waals surface area contributed by atoms with E-state index in [9.17, 15) is 16.8 Å². The van der Waals surface area contributed by atoms with Crippen molar-refractivity contribution >= 4 is 19.9 Å². The van der Waals surface area contributed by atoms with E-state index in [4.69, 9.17) is 4.74 Å². The van der Waals surface area contributed by atoms with E-state index in [1.807, 2.05) is 7.05 Å². The molecule has 26 heavy (non-hydrogen) atoms. The number of sulfonamides is 1. The van der Waals surface area contributed by atoms with Crippen LogP contribution in [0.1, 0.15) is 27.2 Å². The second-order valence-corrected chi connectivity index (χ2v) is 10.4. The van der Waals surface area contributed by atoms with E-state index in [2.05, 4.69) is 23.5 Å². The van der Waals surface area contributed by atoms with Crippen LogP contribution in [0, 0.1) is 0 Å². The highest BCUT2D eigenvalue weighted by atomic mass is 32.2. The second-order valence-electron chi connectivity index (χ2n) is 6.19. The third-order valence-corrected chi connectivity index (χ3v) is 7.48. The number of rotatable bonds is 12. The van der Waals surface area contributed by atoms with Gasteiger partial charge in [0.25, 0.3) is 0 Å². The van der Waals surface area contributed by atoms with Gasteiger partial charge in [0.05, 0.1) is 10.6 Å². The van der Waals surface area contributed by atoms with Crippen LogP contribution < -0.4 is 9.46 Å². The molecule has 0 aliphatic heterocycles. The van der Waals surface area contributed by atoms with Gasteiger partial charge in [0.2, 0.25) is 10.0 Å². The molecule has 0 aliphatic rings. The molecular weight excluding hydrogens is 376 g/mol. The molecule has 0 fully saturated rings. The fraction of sp³-hybridized carbons (Fsp3) is 0.647. The summed E-state index contributed by atoms with van der Waals surface area (Å²) in [6.45, 7) is 6.77. The Morgan fingerprint density at radius 1 is 1.12 bits per heavy atom. The smallest absolute Gasteiger partial charge is 0.240 e. The van der Waals surface area contributed by atoms with Gasteiger partial charge < -0.3 is 9.64 Å². The second kappa shape index (κ2) is 10.2. The Bertz CT molecular complexity index is 746. The SMILES string of the molecule is CCC(C)N(C)CCNS(=O)(=O)c1ccc(OCCS(=O)(=O)CC)cc1. The molecule has 7 nitrogen and oxygen atoms in total. The van der Waals surface area contributed by atoms with E-state index in [0.717, 1.165) is 6.42 Å². The molecule has 150 valence electrons. The number of sulfone groups is 1. The van der Waals surface area contributed by atoms with Gasteiger partial charge in [-0.1, -0.05) is 13.8 Å². The van der Waals surface area contributed by atoms with Gasteiger partial charge in [-0.2, -0.15) is 0 Å². The Labute approximate surface area is 157 Å². The lowest BCUT2D eigenvalue weighted by Crippen LogP contribution is -2.37. The van der Waals surface area contributed by atoms with Crippen LogP contribution in [0.4, 0.5) is 0 Å². The number of hydrogen-bond acceptors (Lipinski definition) is 6. The van der Waals surface area contributed by atoms with Crippen molar-refractivity contribution < 1.29 is 21.6 Å². The maximum atomic E-state index is 12.3. The lowest BCUT2D eigenvalue weighted by Gasteiger charge is -2.23.